The molecule has 0 aliphatic heterocycles. The normalized spacial score (nSPS) is 11.5. The van der Waals surface area contributed by atoms with Crippen LogP contribution in [-0.4, -0.2) is 28.2 Å². The number of nitrogens with one attached hydrogen (secondary N) is 1. The number of hydrogen-bond acceptors (Lipinski definition) is 5. The Bertz CT molecular complexity index is 1110. The van der Waals surface area contributed by atoms with Crippen LogP contribution in [0.4, 0.5) is 5.69 Å². The number of nitrogens with two attached hydrogens (primary N) is 1. The highest BCUT2D eigenvalue weighted by molar-refractivity contribution is 5.95. The lowest BCUT2D eigenvalue weighted by Gasteiger charge is -2.15. The number of carbonyl (C=O) groups is 2. The number of amides is 2. The first kappa shape index (κ1) is 20.8. The van der Waals surface area contributed by atoms with E-state index in [1.54, 1.807) is 25.1 Å². The van der Waals surface area contributed by atoms with Crippen LogP contribution in [0.5, 0.6) is 5.75 Å². The van der Waals surface area contributed by atoms with Gasteiger partial charge in [0.15, 0.2) is 0 Å². The van der Waals surface area contributed by atoms with Crippen LogP contribution < -0.4 is 21.3 Å². The van der Waals surface area contributed by atoms with E-state index in [1.807, 2.05) is 31.2 Å². The van der Waals surface area contributed by atoms with E-state index in [0.29, 0.717) is 23.6 Å². The summed E-state index contributed by atoms with van der Waals surface area (Å²) in [5.74, 6) is -0.229. The van der Waals surface area contributed by atoms with Crippen LogP contribution in [0.15, 0.2) is 65.5 Å². The third kappa shape index (κ3) is 4.72. The minimum Gasteiger partial charge on any atom is -0.494 e. The van der Waals surface area contributed by atoms with Crippen molar-refractivity contribution in [1.82, 2.24) is 9.78 Å². The molecule has 154 valence electrons. The Balaban J connectivity index is 1.80. The maximum absolute atomic E-state index is 12.6. The highest BCUT2D eigenvalue weighted by Gasteiger charge is 2.18. The van der Waals surface area contributed by atoms with Gasteiger partial charge in [-0.25, -0.2) is 4.68 Å². The van der Waals surface area contributed by atoms with Crippen LogP contribution in [0.25, 0.3) is 11.3 Å². The lowest BCUT2D eigenvalue weighted by atomic mass is 10.1. The van der Waals surface area contributed by atoms with Gasteiger partial charge in [-0.15, -0.1) is 0 Å². The van der Waals surface area contributed by atoms with Gasteiger partial charge in [-0.3, -0.25) is 14.4 Å². The van der Waals surface area contributed by atoms with Crippen molar-refractivity contribution in [2.45, 2.75) is 19.9 Å². The Morgan fingerprint density at radius 3 is 2.33 bits per heavy atom. The highest BCUT2D eigenvalue weighted by Crippen LogP contribution is 2.20. The summed E-state index contributed by atoms with van der Waals surface area (Å²) in [6, 6.07) is 15.6. The van der Waals surface area contributed by atoms with Crippen molar-refractivity contribution >= 4 is 17.5 Å². The van der Waals surface area contributed by atoms with Crippen LogP contribution in [0.3, 0.4) is 0 Å². The molecule has 1 unspecified atom stereocenters. The number of primary amides is 1. The van der Waals surface area contributed by atoms with E-state index in [1.165, 1.54) is 18.2 Å². The Kier molecular flexibility index (Phi) is 6.26. The zero-order valence-corrected chi connectivity index (χ0v) is 16.7. The summed E-state index contributed by atoms with van der Waals surface area (Å²) in [5.41, 5.74) is 6.99. The third-order valence-corrected chi connectivity index (χ3v) is 4.47. The first-order chi connectivity index (χ1) is 14.4. The average Bonchev–Trinajstić information content (AvgIpc) is 2.75. The highest BCUT2D eigenvalue weighted by atomic mass is 16.5. The van der Waals surface area contributed by atoms with Gasteiger partial charge in [0.05, 0.1) is 12.3 Å². The quantitative estimate of drug-likeness (QED) is 0.626. The molecule has 3 N–H and O–H groups in total. The second-order valence-electron chi connectivity index (χ2n) is 6.57. The summed E-state index contributed by atoms with van der Waals surface area (Å²) in [6.07, 6.45) is 0. The Hall–Kier alpha value is -3.94. The standard InChI is InChI=1S/C22H22N4O4/c1-3-30-18-10-6-15(7-11-18)19-12-13-20(27)26(25-19)14(2)22(29)24-17-8-4-16(5-9-17)21(23)28/h4-14H,3H2,1-2H3,(H2,23,28)(H,24,29). The molecule has 0 spiro atoms. The van der Waals surface area contributed by atoms with Crippen LogP contribution in [-0.2, 0) is 4.79 Å². The summed E-state index contributed by atoms with van der Waals surface area (Å²) in [5, 5.41) is 7.07. The zero-order chi connectivity index (χ0) is 21.7. The van der Waals surface area contributed by atoms with Crippen LogP contribution in [0.2, 0.25) is 0 Å². The van der Waals surface area contributed by atoms with Crippen molar-refractivity contribution in [1.29, 1.82) is 0 Å². The fourth-order valence-electron chi connectivity index (χ4n) is 2.82. The number of hydrogen-bond donors (Lipinski definition) is 2. The maximum atomic E-state index is 12.6. The van der Waals surface area contributed by atoms with E-state index in [2.05, 4.69) is 10.4 Å². The Labute approximate surface area is 173 Å². The fourth-order valence-corrected chi connectivity index (χ4v) is 2.82. The molecule has 0 aliphatic carbocycles. The summed E-state index contributed by atoms with van der Waals surface area (Å²) in [4.78, 5) is 36.1. The molecule has 0 aliphatic rings. The first-order valence-electron chi connectivity index (χ1n) is 9.43. The van der Waals surface area contributed by atoms with Gasteiger partial charge >= 0.3 is 0 Å². The molecule has 0 bridgehead atoms. The Morgan fingerprint density at radius 1 is 1.07 bits per heavy atom. The van der Waals surface area contributed by atoms with Gasteiger partial charge in [-0.05, 0) is 68.4 Å². The second-order valence-corrected chi connectivity index (χ2v) is 6.57. The van der Waals surface area contributed by atoms with Crippen molar-refractivity contribution in [3.63, 3.8) is 0 Å². The van der Waals surface area contributed by atoms with Crippen LogP contribution in [0, 0.1) is 0 Å². The second kappa shape index (κ2) is 9.04. The summed E-state index contributed by atoms with van der Waals surface area (Å²) < 4.78 is 6.57. The minimum absolute atomic E-state index is 0.335. The first-order valence-corrected chi connectivity index (χ1v) is 9.43. The summed E-state index contributed by atoms with van der Waals surface area (Å²) in [7, 11) is 0. The van der Waals surface area contributed by atoms with Crippen molar-refractivity contribution in [3.05, 3.63) is 76.6 Å². The molecule has 30 heavy (non-hydrogen) atoms. The van der Waals surface area contributed by atoms with E-state index in [9.17, 15) is 14.4 Å². The topological polar surface area (TPSA) is 116 Å². The molecule has 2 aromatic carbocycles. The third-order valence-electron chi connectivity index (χ3n) is 4.47. The van der Waals surface area contributed by atoms with Gasteiger partial charge in [0, 0.05) is 22.9 Å². The van der Waals surface area contributed by atoms with E-state index >= 15 is 0 Å². The van der Waals surface area contributed by atoms with Gasteiger partial charge in [-0.2, -0.15) is 5.10 Å². The minimum atomic E-state index is -0.851. The van der Waals surface area contributed by atoms with Crippen molar-refractivity contribution < 1.29 is 14.3 Å². The molecule has 0 saturated heterocycles. The van der Waals surface area contributed by atoms with Crippen molar-refractivity contribution in [2.75, 3.05) is 11.9 Å². The monoisotopic (exact) mass is 406 g/mol. The molecule has 0 saturated carbocycles. The predicted octanol–water partition coefficient (Wildman–Crippen LogP) is 2.61. The smallest absolute Gasteiger partial charge is 0.267 e. The van der Waals surface area contributed by atoms with Crippen LogP contribution >= 0.6 is 0 Å². The fraction of sp³-hybridized carbons (Fsp3) is 0.182. The average molecular weight is 406 g/mol. The zero-order valence-electron chi connectivity index (χ0n) is 16.7. The molecular weight excluding hydrogens is 384 g/mol. The molecule has 8 heteroatoms. The maximum Gasteiger partial charge on any atom is 0.267 e. The lowest BCUT2D eigenvalue weighted by molar-refractivity contribution is -0.119. The number of anilines is 1. The number of rotatable bonds is 7. The number of benzene rings is 2. The number of nitrogens with zero attached hydrogens (tertiary/aromatic N) is 2. The van der Waals surface area contributed by atoms with Gasteiger partial charge < -0.3 is 15.8 Å². The molecule has 3 rings (SSSR count). The molecule has 0 radical (unpaired) electrons. The van der Waals surface area contributed by atoms with Crippen molar-refractivity contribution in [3.8, 4) is 17.0 Å². The summed E-state index contributed by atoms with van der Waals surface area (Å²) >= 11 is 0. The van der Waals surface area contributed by atoms with Crippen LogP contribution in [0.1, 0.15) is 30.2 Å². The van der Waals surface area contributed by atoms with E-state index < -0.39 is 23.4 Å². The molecule has 1 aromatic heterocycles. The van der Waals surface area contributed by atoms with Crippen molar-refractivity contribution in [2.24, 2.45) is 5.73 Å². The molecule has 2 amide bonds. The summed E-state index contributed by atoms with van der Waals surface area (Å²) in [6.45, 7) is 4.06. The number of carbonyl (C=O) groups excluding carboxylic acids is 2. The largest absolute Gasteiger partial charge is 0.494 e. The molecule has 8 nitrogen and oxygen atoms in total. The molecule has 3 aromatic rings. The van der Waals surface area contributed by atoms with Gasteiger partial charge in [0.25, 0.3) is 5.56 Å². The SMILES string of the molecule is CCOc1ccc(-c2ccc(=O)n(C(C)C(=O)Nc3ccc(C(N)=O)cc3)n2)cc1. The van der Waals surface area contributed by atoms with E-state index in [-0.39, 0.29) is 0 Å². The van der Waals surface area contributed by atoms with E-state index in [4.69, 9.17) is 10.5 Å². The lowest BCUT2D eigenvalue weighted by Crippen LogP contribution is -2.33. The van der Waals surface area contributed by atoms with Gasteiger partial charge in [-0.1, -0.05) is 0 Å². The number of aromatic nitrogens is 2. The molecule has 1 heterocycles. The van der Waals surface area contributed by atoms with Gasteiger partial charge in [0.2, 0.25) is 11.8 Å². The van der Waals surface area contributed by atoms with Gasteiger partial charge in [0.1, 0.15) is 11.8 Å². The number of ether oxygens (including phenoxy) is 1. The molecule has 0 fully saturated rings. The van der Waals surface area contributed by atoms with E-state index in [0.717, 1.165) is 16.0 Å². The predicted molar refractivity (Wildman–Crippen MR) is 113 cm³/mol. The molecular formula is C22H22N4O4. The molecule has 1 atom stereocenters. The Morgan fingerprint density at radius 2 is 1.73 bits per heavy atom.